The highest BCUT2D eigenvalue weighted by Crippen LogP contribution is 2.29. The van der Waals surface area contributed by atoms with Gasteiger partial charge in [0, 0.05) is 20.6 Å². The van der Waals surface area contributed by atoms with Crippen molar-refractivity contribution >= 4 is 35.8 Å². The molecule has 2 rings (SSSR count). The van der Waals surface area contributed by atoms with Gasteiger partial charge < -0.3 is 15.5 Å². The largest absolute Gasteiger partial charge is 0.416 e. The Balaban J connectivity index is 0.00000420. The van der Waals surface area contributed by atoms with Gasteiger partial charge in [0.2, 0.25) is 5.91 Å². The second kappa shape index (κ2) is 11.6. The predicted octanol–water partition coefficient (Wildman–Crippen LogP) is 3.65. The number of carbonyl (C=O) groups excluding carboxylic acids is 1. The Morgan fingerprint density at radius 3 is 2.14 bits per heavy atom. The maximum absolute atomic E-state index is 12.7. The molecule has 0 aromatic heterocycles. The average Bonchev–Trinajstić information content (AvgIpc) is 2.67. The van der Waals surface area contributed by atoms with Crippen LogP contribution in [-0.2, 0) is 24.1 Å². The van der Waals surface area contributed by atoms with E-state index >= 15 is 0 Å². The summed E-state index contributed by atoms with van der Waals surface area (Å²) >= 11 is 0. The molecule has 0 heterocycles. The molecule has 2 aromatic rings. The Bertz CT molecular complexity index is 794. The number of likely N-dealkylation sites (N-methyl/N-ethyl adjacent to an activating group) is 1. The van der Waals surface area contributed by atoms with E-state index in [0.717, 1.165) is 17.7 Å². The molecular formula is C20H24F3IN4O. The van der Waals surface area contributed by atoms with E-state index in [-0.39, 0.29) is 43.0 Å². The summed E-state index contributed by atoms with van der Waals surface area (Å²) in [6.45, 7) is 0.731. The summed E-state index contributed by atoms with van der Waals surface area (Å²) in [4.78, 5) is 17.7. The lowest BCUT2D eigenvalue weighted by atomic mass is 10.1. The normalized spacial score (nSPS) is 11.4. The van der Waals surface area contributed by atoms with Gasteiger partial charge in [0.25, 0.3) is 0 Å². The Hall–Kier alpha value is -2.30. The molecule has 0 unspecified atom stereocenters. The van der Waals surface area contributed by atoms with E-state index in [2.05, 4.69) is 15.6 Å². The molecule has 2 N–H and O–H groups in total. The molecule has 0 fully saturated rings. The van der Waals surface area contributed by atoms with Crippen LogP contribution in [-0.4, -0.2) is 37.4 Å². The van der Waals surface area contributed by atoms with Crippen LogP contribution in [0.25, 0.3) is 0 Å². The maximum atomic E-state index is 12.7. The van der Waals surface area contributed by atoms with Crippen LogP contribution in [0, 0.1) is 0 Å². The standard InChI is InChI=1S/C20H23F3N4O.HI/c1-27(2)18(28)14-26-19(24-12-15-6-4-3-5-7-15)25-13-16-8-10-17(11-9-16)20(21,22)23;/h3-11H,12-14H2,1-2H3,(H2,24,25,26);1H. The van der Waals surface area contributed by atoms with Gasteiger partial charge in [-0.1, -0.05) is 42.5 Å². The molecular weight excluding hydrogens is 496 g/mol. The van der Waals surface area contributed by atoms with Gasteiger partial charge in [0.1, 0.15) is 0 Å². The van der Waals surface area contributed by atoms with Crippen LogP contribution in [0.5, 0.6) is 0 Å². The number of guanidine groups is 1. The third-order valence-corrected chi connectivity index (χ3v) is 3.91. The maximum Gasteiger partial charge on any atom is 0.416 e. The minimum atomic E-state index is -4.36. The molecule has 0 atom stereocenters. The number of alkyl halides is 3. The van der Waals surface area contributed by atoms with Crippen molar-refractivity contribution in [2.24, 2.45) is 4.99 Å². The summed E-state index contributed by atoms with van der Waals surface area (Å²) in [6, 6.07) is 14.5. The fraction of sp³-hybridized carbons (Fsp3) is 0.300. The Morgan fingerprint density at radius 1 is 0.966 bits per heavy atom. The fourth-order valence-electron chi connectivity index (χ4n) is 2.24. The lowest BCUT2D eigenvalue weighted by Crippen LogP contribution is -2.42. The Kier molecular flexibility index (Phi) is 9.93. The van der Waals surface area contributed by atoms with Gasteiger partial charge in [0.15, 0.2) is 5.96 Å². The smallest absolute Gasteiger partial charge is 0.352 e. The Labute approximate surface area is 185 Å². The van der Waals surface area contributed by atoms with Crippen LogP contribution in [0.4, 0.5) is 13.2 Å². The van der Waals surface area contributed by atoms with Gasteiger partial charge in [-0.3, -0.25) is 4.79 Å². The number of benzene rings is 2. The minimum Gasteiger partial charge on any atom is -0.352 e. The lowest BCUT2D eigenvalue weighted by Gasteiger charge is -2.15. The van der Waals surface area contributed by atoms with Gasteiger partial charge >= 0.3 is 6.18 Å². The summed E-state index contributed by atoms with van der Waals surface area (Å²) in [6.07, 6.45) is -4.36. The molecule has 0 saturated carbocycles. The highest BCUT2D eigenvalue weighted by molar-refractivity contribution is 14.0. The highest BCUT2D eigenvalue weighted by Gasteiger charge is 2.29. The van der Waals surface area contributed by atoms with E-state index in [4.69, 9.17) is 0 Å². The van der Waals surface area contributed by atoms with Crippen LogP contribution in [0.3, 0.4) is 0 Å². The fourth-order valence-corrected chi connectivity index (χ4v) is 2.24. The molecule has 0 radical (unpaired) electrons. The van der Waals surface area contributed by atoms with Crippen molar-refractivity contribution in [1.29, 1.82) is 0 Å². The van der Waals surface area contributed by atoms with E-state index < -0.39 is 11.7 Å². The zero-order valence-corrected chi connectivity index (χ0v) is 18.5. The third kappa shape index (κ3) is 8.71. The summed E-state index contributed by atoms with van der Waals surface area (Å²) in [7, 11) is 3.31. The molecule has 5 nitrogen and oxygen atoms in total. The number of nitrogens with zero attached hydrogens (tertiary/aromatic N) is 2. The first-order chi connectivity index (χ1) is 13.3. The second-order valence-electron chi connectivity index (χ2n) is 6.34. The zero-order valence-electron chi connectivity index (χ0n) is 16.2. The van der Waals surface area contributed by atoms with Gasteiger partial charge in [-0.25, -0.2) is 4.99 Å². The number of halogens is 4. The first kappa shape index (κ1) is 24.7. The number of hydrogen-bond donors (Lipinski definition) is 2. The van der Waals surface area contributed by atoms with E-state index in [1.54, 1.807) is 14.1 Å². The van der Waals surface area contributed by atoms with Crippen molar-refractivity contribution in [1.82, 2.24) is 15.5 Å². The van der Waals surface area contributed by atoms with Crippen LogP contribution in [0.1, 0.15) is 16.7 Å². The van der Waals surface area contributed by atoms with Gasteiger partial charge in [-0.15, -0.1) is 24.0 Å². The molecule has 0 spiro atoms. The molecule has 0 saturated heterocycles. The number of carbonyl (C=O) groups is 1. The van der Waals surface area contributed by atoms with Crippen molar-refractivity contribution < 1.29 is 18.0 Å². The molecule has 158 valence electrons. The molecule has 29 heavy (non-hydrogen) atoms. The van der Waals surface area contributed by atoms with Crippen molar-refractivity contribution in [2.75, 3.05) is 20.6 Å². The lowest BCUT2D eigenvalue weighted by molar-refractivity contribution is -0.137. The van der Waals surface area contributed by atoms with Gasteiger partial charge in [-0.05, 0) is 23.3 Å². The number of rotatable bonds is 6. The minimum absolute atomic E-state index is 0. The molecule has 0 bridgehead atoms. The van der Waals surface area contributed by atoms with Crippen molar-refractivity contribution in [3.05, 3.63) is 71.3 Å². The molecule has 2 aromatic carbocycles. The third-order valence-electron chi connectivity index (χ3n) is 3.91. The van der Waals surface area contributed by atoms with E-state index in [1.807, 2.05) is 30.3 Å². The quantitative estimate of drug-likeness (QED) is 0.348. The van der Waals surface area contributed by atoms with Gasteiger partial charge in [0.05, 0.1) is 18.7 Å². The first-order valence-electron chi connectivity index (χ1n) is 8.68. The van der Waals surface area contributed by atoms with E-state index in [9.17, 15) is 18.0 Å². The van der Waals surface area contributed by atoms with Crippen molar-refractivity contribution in [3.63, 3.8) is 0 Å². The van der Waals surface area contributed by atoms with Crippen LogP contribution >= 0.6 is 24.0 Å². The monoisotopic (exact) mass is 520 g/mol. The Morgan fingerprint density at radius 2 is 1.59 bits per heavy atom. The number of amides is 1. The van der Waals surface area contributed by atoms with Crippen molar-refractivity contribution in [3.8, 4) is 0 Å². The molecule has 0 aliphatic heterocycles. The van der Waals surface area contributed by atoms with Crippen LogP contribution in [0.15, 0.2) is 59.6 Å². The zero-order chi connectivity index (χ0) is 20.6. The number of nitrogens with one attached hydrogen (secondary N) is 2. The predicted molar refractivity (Wildman–Crippen MR) is 118 cm³/mol. The topological polar surface area (TPSA) is 56.7 Å². The second-order valence-corrected chi connectivity index (χ2v) is 6.34. The molecule has 0 aliphatic carbocycles. The van der Waals surface area contributed by atoms with Gasteiger partial charge in [-0.2, -0.15) is 13.2 Å². The number of hydrogen-bond acceptors (Lipinski definition) is 2. The molecule has 9 heteroatoms. The number of aliphatic imine (C=N–C) groups is 1. The van der Waals surface area contributed by atoms with Crippen molar-refractivity contribution in [2.45, 2.75) is 19.3 Å². The summed E-state index contributed by atoms with van der Waals surface area (Å²) in [5, 5.41) is 5.99. The van der Waals surface area contributed by atoms with E-state index in [1.165, 1.54) is 17.0 Å². The average molecular weight is 520 g/mol. The highest BCUT2D eigenvalue weighted by atomic mass is 127. The van der Waals surface area contributed by atoms with Crippen LogP contribution in [0.2, 0.25) is 0 Å². The summed E-state index contributed by atoms with van der Waals surface area (Å²) in [5.74, 6) is 0.280. The molecule has 0 aliphatic rings. The first-order valence-corrected chi connectivity index (χ1v) is 8.68. The summed E-state index contributed by atoms with van der Waals surface area (Å²) in [5.41, 5.74) is 0.974. The molecule has 1 amide bonds. The van der Waals surface area contributed by atoms with Crippen LogP contribution < -0.4 is 10.6 Å². The van der Waals surface area contributed by atoms with E-state index in [0.29, 0.717) is 18.1 Å². The SMILES string of the molecule is CN(C)C(=O)CNC(=NCc1ccccc1)NCc1ccc(C(F)(F)F)cc1.I. The summed E-state index contributed by atoms with van der Waals surface area (Å²) < 4.78 is 38.0.